The third-order valence-electron chi connectivity index (χ3n) is 3.72. The van der Waals surface area contributed by atoms with Gasteiger partial charge in [0.15, 0.2) is 0 Å². The first-order chi connectivity index (χ1) is 10.2. The van der Waals surface area contributed by atoms with Gasteiger partial charge in [0, 0.05) is 11.3 Å². The molecule has 2 aromatic rings. The lowest BCUT2D eigenvalue weighted by molar-refractivity contribution is -0.117. The van der Waals surface area contributed by atoms with E-state index in [1.807, 2.05) is 24.3 Å². The molecular weight excluding hydrogens is 267 g/mol. The van der Waals surface area contributed by atoms with Crippen LogP contribution in [0.5, 0.6) is 0 Å². The highest BCUT2D eigenvalue weighted by molar-refractivity contribution is 5.98. The zero-order valence-corrected chi connectivity index (χ0v) is 11.6. The van der Waals surface area contributed by atoms with Gasteiger partial charge in [-0.15, -0.1) is 0 Å². The summed E-state index contributed by atoms with van der Waals surface area (Å²) in [5, 5.41) is 6.15. The minimum atomic E-state index is -0.268. The van der Waals surface area contributed by atoms with Crippen LogP contribution in [-0.4, -0.2) is 18.5 Å². The number of nitrogens with one attached hydrogen (secondary N) is 2. The van der Waals surface area contributed by atoms with Crippen molar-refractivity contribution < 1.29 is 9.18 Å². The van der Waals surface area contributed by atoms with Gasteiger partial charge < -0.3 is 10.6 Å². The molecule has 0 saturated carbocycles. The summed E-state index contributed by atoms with van der Waals surface area (Å²) in [5.74, 6) is -0.280. The molecule has 0 aliphatic carbocycles. The molecule has 0 bridgehead atoms. The number of carbonyl (C=O) groups excluding carboxylic acids is 1. The van der Waals surface area contributed by atoms with Gasteiger partial charge in [0.1, 0.15) is 5.82 Å². The van der Waals surface area contributed by atoms with Gasteiger partial charge >= 0.3 is 0 Å². The number of amides is 1. The summed E-state index contributed by atoms with van der Waals surface area (Å²) in [7, 11) is 0. The highest BCUT2D eigenvalue weighted by Crippen LogP contribution is 2.28. The zero-order valence-electron chi connectivity index (χ0n) is 11.6. The quantitative estimate of drug-likeness (QED) is 0.909. The van der Waals surface area contributed by atoms with Crippen molar-refractivity contribution in [3.05, 3.63) is 54.3 Å². The van der Waals surface area contributed by atoms with E-state index >= 15 is 0 Å². The van der Waals surface area contributed by atoms with Crippen molar-refractivity contribution in [1.29, 1.82) is 0 Å². The van der Waals surface area contributed by atoms with Crippen LogP contribution in [0.3, 0.4) is 0 Å². The molecule has 2 N–H and O–H groups in total. The SMILES string of the molecule is O=C(Nc1ccccc1-c1ccc(F)cc1)[C@@H]1CCCN1. The third-order valence-corrected chi connectivity index (χ3v) is 3.72. The Kier molecular flexibility index (Phi) is 3.97. The second kappa shape index (κ2) is 6.06. The van der Waals surface area contributed by atoms with Gasteiger partial charge in [0.05, 0.1) is 6.04 Å². The van der Waals surface area contributed by atoms with Gasteiger partial charge in [-0.05, 0) is 43.1 Å². The van der Waals surface area contributed by atoms with Gasteiger partial charge in [0.2, 0.25) is 5.91 Å². The number of anilines is 1. The number of benzene rings is 2. The number of hydrogen-bond acceptors (Lipinski definition) is 2. The van der Waals surface area contributed by atoms with E-state index < -0.39 is 0 Å². The van der Waals surface area contributed by atoms with Crippen LogP contribution in [0, 0.1) is 5.82 Å². The Morgan fingerprint density at radius 3 is 2.62 bits per heavy atom. The summed E-state index contributed by atoms with van der Waals surface area (Å²) in [6, 6.07) is 13.7. The molecule has 1 heterocycles. The molecule has 21 heavy (non-hydrogen) atoms. The van der Waals surface area contributed by atoms with E-state index in [2.05, 4.69) is 10.6 Å². The minimum Gasteiger partial charge on any atom is -0.324 e. The molecule has 0 aromatic heterocycles. The molecule has 0 radical (unpaired) electrons. The van der Waals surface area contributed by atoms with Crippen LogP contribution in [0.4, 0.5) is 10.1 Å². The molecule has 0 spiro atoms. The second-order valence-corrected chi connectivity index (χ2v) is 5.19. The fraction of sp³-hybridized carbons (Fsp3) is 0.235. The molecule has 1 aliphatic heterocycles. The monoisotopic (exact) mass is 284 g/mol. The van der Waals surface area contributed by atoms with Gasteiger partial charge in [0.25, 0.3) is 0 Å². The molecule has 1 atom stereocenters. The van der Waals surface area contributed by atoms with E-state index in [-0.39, 0.29) is 17.8 Å². The molecule has 3 rings (SSSR count). The summed E-state index contributed by atoms with van der Waals surface area (Å²) in [5.41, 5.74) is 2.53. The number of para-hydroxylation sites is 1. The Balaban J connectivity index is 1.85. The fourth-order valence-corrected chi connectivity index (χ4v) is 2.60. The molecule has 1 aliphatic rings. The zero-order chi connectivity index (χ0) is 14.7. The lowest BCUT2D eigenvalue weighted by Gasteiger charge is -2.14. The number of carbonyl (C=O) groups is 1. The van der Waals surface area contributed by atoms with Gasteiger partial charge in [-0.2, -0.15) is 0 Å². The van der Waals surface area contributed by atoms with Crippen molar-refractivity contribution in [1.82, 2.24) is 5.32 Å². The lowest BCUT2D eigenvalue weighted by Crippen LogP contribution is -2.35. The summed E-state index contributed by atoms with van der Waals surface area (Å²) >= 11 is 0. The maximum atomic E-state index is 13.0. The van der Waals surface area contributed by atoms with E-state index in [1.165, 1.54) is 12.1 Å². The van der Waals surface area contributed by atoms with E-state index in [1.54, 1.807) is 12.1 Å². The highest BCUT2D eigenvalue weighted by atomic mass is 19.1. The molecule has 108 valence electrons. The van der Waals surface area contributed by atoms with Gasteiger partial charge in [-0.3, -0.25) is 4.79 Å². The topological polar surface area (TPSA) is 41.1 Å². The average molecular weight is 284 g/mol. The minimum absolute atomic E-state index is 0.0120. The Morgan fingerprint density at radius 1 is 1.14 bits per heavy atom. The first kappa shape index (κ1) is 13.8. The molecule has 1 fully saturated rings. The molecule has 0 unspecified atom stereocenters. The van der Waals surface area contributed by atoms with Gasteiger partial charge in [-0.25, -0.2) is 4.39 Å². The van der Waals surface area contributed by atoms with Gasteiger partial charge in [-0.1, -0.05) is 30.3 Å². The molecule has 3 nitrogen and oxygen atoms in total. The van der Waals surface area contributed by atoms with Crippen molar-refractivity contribution in [2.24, 2.45) is 0 Å². The van der Waals surface area contributed by atoms with E-state index in [0.29, 0.717) is 0 Å². The third kappa shape index (κ3) is 3.11. The van der Waals surface area contributed by atoms with E-state index in [9.17, 15) is 9.18 Å². The van der Waals surface area contributed by atoms with Crippen LogP contribution in [0.15, 0.2) is 48.5 Å². The summed E-state index contributed by atoms with van der Waals surface area (Å²) in [6.07, 6.45) is 1.89. The van der Waals surface area contributed by atoms with Crippen molar-refractivity contribution in [2.75, 3.05) is 11.9 Å². The van der Waals surface area contributed by atoms with Crippen LogP contribution >= 0.6 is 0 Å². The number of hydrogen-bond donors (Lipinski definition) is 2. The number of rotatable bonds is 3. The van der Waals surface area contributed by atoms with Crippen LogP contribution in [0.2, 0.25) is 0 Å². The second-order valence-electron chi connectivity index (χ2n) is 5.19. The lowest BCUT2D eigenvalue weighted by atomic mass is 10.0. The highest BCUT2D eigenvalue weighted by Gasteiger charge is 2.22. The normalized spacial score (nSPS) is 17.7. The first-order valence-electron chi connectivity index (χ1n) is 7.13. The molecule has 1 saturated heterocycles. The van der Waals surface area contributed by atoms with Crippen LogP contribution < -0.4 is 10.6 Å². The maximum absolute atomic E-state index is 13.0. The smallest absolute Gasteiger partial charge is 0.241 e. The Labute approximate surface area is 123 Å². The molecule has 2 aromatic carbocycles. The average Bonchev–Trinajstić information content (AvgIpc) is 3.03. The van der Waals surface area contributed by atoms with Crippen molar-refractivity contribution in [3.63, 3.8) is 0 Å². The molecular formula is C17H17FN2O. The van der Waals surface area contributed by atoms with Crippen molar-refractivity contribution in [3.8, 4) is 11.1 Å². The Morgan fingerprint density at radius 2 is 1.90 bits per heavy atom. The van der Waals surface area contributed by atoms with Crippen molar-refractivity contribution >= 4 is 11.6 Å². The maximum Gasteiger partial charge on any atom is 0.241 e. The number of halogens is 1. The first-order valence-corrected chi connectivity index (χ1v) is 7.13. The van der Waals surface area contributed by atoms with Crippen LogP contribution in [-0.2, 0) is 4.79 Å². The predicted molar refractivity (Wildman–Crippen MR) is 81.5 cm³/mol. The predicted octanol–water partition coefficient (Wildman–Crippen LogP) is 3.18. The van der Waals surface area contributed by atoms with Crippen LogP contribution in [0.1, 0.15) is 12.8 Å². The van der Waals surface area contributed by atoms with Crippen LogP contribution in [0.25, 0.3) is 11.1 Å². The largest absolute Gasteiger partial charge is 0.324 e. The Bertz CT molecular complexity index is 633. The van der Waals surface area contributed by atoms with E-state index in [4.69, 9.17) is 0 Å². The summed E-state index contributed by atoms with van der Waals surface area (Å²) in [6.45, 7) is 0.887. The standard InChI is InChI=1S/C17H17FN2O/c18-13-9-7-12(8-10-13)14-4-1-2-5-15(14)20-17(21)16-6-3-11-19-16/h1-2,4-5,7-10,16,19H,3,6,11H2,(H,20,21)/t16-/m0/s1. The van der Waals surface area contributed by atoms with E-state index in [0.717, 1.165) is 36.2 Å². The Hall–Kier alpha value is -2.20. The van der Waals surface area contributed by atoms with Crippen molar-refractivity contribution in [2.45, 2.75) is 18.9 Å². The summed E-state index contributed by atoms with van der Waals surface area (Å²) < 4.78 is 13.0. The fourth-order valence-electron chi connectivity index (χ4n) is 2.60. The molecule has 1 amide bonds. The molecule has 4 heteroatoms. The summed E-state index contributed by atoms with van der Waals surface area (Å²) in [4.78, 5) is 12.2.